The number of benzene rings is 4. The van der Waals surface area contributed by atoms with Crippen LogP contribution in [0.1, 0.15) is 0 Å². The quantitative estimate of drug-likeness (QED) is 0.317. The van der Waals surface area contributed by atoms with Gasteiger partial charge in [-0.25, -0.2) is 26.3 Å². The van der Waals surface area contributed by atoms with Crippen molar-refractivity contribution in [2.75, 3.05) is 10.2 Å². The van der Waals surface area contributed by atoms with E-state index in [2.05, 4.69) is 5.32 Å². The zero-order valence-corrected chi connectivity index (χ0v) is 16.2. The maximum atomic E-state index is 14.2. The summed E-state index contributed by atoms with van der Waals surface area (Å²) in [4.78, 5) is 1.28. The van der Waals surface area contributed by atoms with Gasteiger partial charge in [0.2, 0.25) is 0 Å². The van der Waals surface area contributed by atoms with Crippen molar-refractivity contribution in [1.29, 1.82) is 0 Å². The van der Waals surface area contributed by atoms with E-state index < -0.39 is 34.9 Å². The Hall–Kier alpha value is -3.94. The third-order valence-electron chi connectivity index (χ3n) is 4.53. The summed E-state index contributed by atoms with van der Waals surface area (Å²) in [6.45, 7) is 0. The highest BCUT2D eigenvalue weighted by Crippen LogP contribution is 2.41. The van der Waals surface area contributed by atoms with E-state index in [9.17, 15) is 26.3 Å². The molecule has 0 unspecified atom stereocenters. The molecular weight excluding hydrogens is 430 g/mol. The van der Waals surface area contributed by atoms with Crippen molar-refractivity contribution in [3.05, 3.63) is 114 Å². The molecule has 4 aromatic rings. The first-order valence-electron chi connectivity index (χ1n) is 9.33. The lowest BCUT2D eigenvalue weighted by molar-refractivity contribution is 0.583. The van der Waals surface area contributed by atoms with Crippen LogP contribution in [-0.2, 0) is 0 Å². The first kappa shape index (κ1) is 21.3. The van der Waals surface area contributed by atoms with Gasteiger partial charge in [0.1, 0.15) is 34.9 Å². The highest BCUT2D eigenvalue weighted by atomic mass is 19.2. The molecule has 0 bridgehead atoms. The van der Waals surface area contributed by atoms with Gasteiger partial charge in [-0.05, 0) is 66.7 Å². The van der Waals surface area contributed by atoms with Crippen LogP contribution in [0, 0.1) is 34.9 Å². The molecule has 0 aliphatic heterocycles. The Bertz CT molecular complexity index is 1230. The van der Waals surface area contributed by atoms with Crippen LogP contribution in [0.2, 0.25) is 0 Å². The minimum Gasteiger partial charge on any atom is -0.354 e. The van der Waals surface area contributed by atoms with E-state index in [0.717, 1.165) is 48.5 Å². The molecular formula is C24H14F6N2. The van der Waals surface area contributed by atoms with E-state index in [1.54, 1.807) is 0 Å². The van der Waals surface area contributed by atoms with Crippen molar-refractivity contribution in [3.63, 3.8) is 0 Å². The third-order valence-corrected chi connectivity index (χ3v) is 4.53. The van der Waals surface area contributed by atoms with E-state index in [4.69, 9.17) is 0 Å². The number of hydrogen-bond donors (Lipinski definition) is 1. The molecule has 0 spiro atoms. The fourth-order valence-electron chi connectivity index (χ4n) is 3.26. The molecule has 0 radical (unpaired) electrons. The Morgan fingerprint density at radius 3 is 1.59 bits per heavy atom. The summed E-state index contributed by atoms with van der Waals surface area (Å²) in [7, 11) is 0. The van der Waals surface area contributed by atoms with Gasteiger partial charge < -0.3 is 10.2 Å². The lowest BCUT2D eigenvalue weighted by Crippen LogP contribution is -2.13. The number of nitrogens with zero attached hydrogens (tertiary/aromatic N) is 1. The zero-order chi connectivity index (χ0) is 22.8. The summed E-state index contributed by atoms with van der Waals surface area (Å²) in [6.07, 6.45) is 0. The molecule has 1 N–H and O–H groups in total. The van der Waals surface area contributed by atoms with Gasteiger partial charge in [-0.3, -0.25) is 0 Å². The molecule has 4 aromatic carbocycles. The molecule has 0 atom stereocenters. The third kappa shape index (κ3) is 4.69. The van der Waals surface area contributed by atoms with Crippen LogP contribution in [-0.4, -0.2) is 0 Å². The van der Waals surface area contributed by atoms with Crippen molar-refractivity contribution in [1.82, 2.24) is 0 Å². The number of halogens is 6. The Kier molecular flexibility index (Phi) is 5.77. The molecule has 0 saturated carbocycles. The standard InChI is InChI=1S/C24H14F6N2/c25-14-1-4-21(5-2-14)32(22-11-18(29)8-19(30)12-22)24-13-15(26)3-6-23(24)31-20-9-16(27)7-17(28)10-20/h1-13,31H. The zero-order valence-electron chi connectivity index (χ0n) is 16.2. The molecule has 0 aromatic heterocycles. The van der Waals surface area contributed by atoms with Crippen LogP contribution >= 0.6 is 0 Å². The maximum absolute atomic E-state index is 14.2. The van der Waals surface area contributed by atoms with Crippen molar-refractivity contribution in [2.24, 2.45) is 0 Å². The van der Waals surface area contributed by atoms with Gasteiger partial charge in [0, 0.05) is 23.5 Å². The summed E-state index contributed by atoms with van der Waals surface area (Å²) in [5.74, 6) is -4.67. The normalized spacial score (nSPS) is 10.8. The summed E-state index contributed by atoms with van der Waals surface area (Å²) in [5.41, 5.74) is 0.500. The predicted molar refractivity (Wildman–Crippen MR) is 111 cm³/mol. The summed E-state index contributed by atoms with van der Waals surface area (Å²) < 4.78 is 83.0. The molecule has 0 aliphatic carbocycles. The number of rotatable bonds is 5. The van der Waals surface area contributed by atoms with Crippen LogP contribution in [0.4, 0.5) is 54.8 Å². The number of hydrogen-bond acceptors (Lipinski definition) is 2. The summed E-state index contributed by atoms with van der Waals surface area (Å²) >= 11 is 0. The second-order valence-corrected chi connectivity index (χ2v) is 6.88. The Morgan fingerprint density at radius 2 is 1.00 bits per heavy atom. The number of nitrogens with one attached hydrogen (secondary N) is 1. The highest BCUT2D eigenvalue weighted by Gasteiger charge is 2.19. The molecule has 32 heavy (non-hydrogen) atoms. The molecule has 0 saturated heterocycles. The van der Waals surface area contributed by atoms with Crippen LogP contribution in [0.15, 0.2) is 78.9 Å². The van der Waals surface area contributed by atoms with Crippen LogP contribution in [0.25, 0.3) is 0 Å². The smallest absolute Gasteiger partial charge is 0.128 e. The number of anilines is 5. The molecule has 162 valence electrons. The van der Waals surface area contributed by atoms with Gasteiger partial charge in [0.05, 0.1) is 17.1 Å². The van der Waals surface area contributed by atoms with Crippen LogP contribution in [0.5, 0.6) is 0 Å². The average Bonchev–Trinajstić information content (AvgIpc) is 2.70. The van der Waals surface area contributed by atoms with Gasteiger partial charge in [0.25, 0.3) is 0 Å². The molecule has 0 aliphatic rings. The molecule has 8 heteroatoms. The lowest BCUT2D eigenvalue weighted by atomic mass is 10.1. The first-order chi connectivity index (χ1) is 15.3. The van der Waals surface area contributed by atoms with Crippen LogP contribution in [0.3, 0.4) is 0 Å². The average molecular weight is 444 g/mol. The lowest BCUT2D eigenvalue weighted by Gasteiger charge is -2.28. The monoisotopic (exact) mass is 444 g/mol. The fraction of sp³-hybridized carbons (Fsp3) is 0. The van der Waals surface area contributed by atoms with Gasteiger partial charge >= 0.3 is 0 Å². The molecule has 0 amide bonds. The SMILES string of the molecule is Fc1ccc(N(c2cc(F)cc(F)c2)c2cc(F)ccc2Nc2cc(F)cc(F)c2)cc1. The van der Waals surface area contributed by atoms with Gasteiger partial charge in [-0.2, -0.15) is 0 Å². The van der Waals surface area contributed by atoms with E-state index in [1.807, 2.05) is 0 Å². The molecule has 2 nitrogen and oxygen atoms in total. The maximum Gasteiger partial charge on any atom is 0.128 e. The second-order valence-electron chi connectivity index (χ2n) is 6.88. The molecule has 0 heterocycles. The largest absolute Gasteiger partial charge is 0.354 e. The highest BCUT2D eigenvalue weighted by molar-refractivity contribution is 5.86. The molecule has 0 fully saturated rings. The first-order valence-corrected chi connectivity index (χ1v) is 9.33. The van der Waals surface area contributed by atoms with Crippen molar-refractivity contribution in [3.8, 4) is 0 Å². The Labute approximate surface area is 179 Å². The van der Waals surface area contributed by atoms with Crippen molar-refractivity contribution < 1.29 is 26.3 Å². The van der Waals surface area contributed by atoms with E-state index >= 15 is 0 Å². The summed E-state index contributed by atoms with van der Waals surface area (Å²) in [5, 5.41) is 2.79. The Balaban J connectivity index is 1.90. The van der Waals surface area contributed by atoms with Crippen molar-refractivity contribution in [2.45, 2.75) is 0 Å². The van der Waals surface area contributed by atoms with E-state index in [-0.39, 0.29) is 28.4 Å². The van der Waals surface area contributed by atoms with Gasteiger partial charge in [0.15, 0.2) is 0 Å². The predicted octanol–water partition coefficient (Wildman–Crippen LogP) is 7.73. The van der Waals surface area contributed by atoms with E-state index in [0.29, 0.717) is 12.1 Å². The minimum atomic E-state index is -0.884. The van der Waals surface area contributed by atoms with E-state index in [1.165, 1.54) is 23.1 Å². The van der Waals surface area contributed by atoms with Crippen molar-refractivity contribution >= 4 is 28.4 Å². The van der Waals surface area contributed by atoms with Crippen LogP contribution < -0.4 is 10.2 Å². The fourth-order valence-corrected chi connectivity index (χ4v) is 3.26. The topological polar surface area (TPSA) is 15.3 Å². The minimum absolute atomic E-state index is 0.0202. The summed E-state index contributed by atoms with van der Waals surface area (Å²) in [6, 6.07) is 13.9. The second kappa shape index (κ2) is 8.66. The molecule has 4 rings (SSSR count). The Morgan fingerprint density at radius 1 is 0.469 bits per heavy atom. The van der Waals surface area contributed by atoms with Gasteiger partial charge in [-0.15, -0.1) is 0 Å². The van der Waals surface area contributed by atoms with Gasteiger partial charge in [-0.1, -0.05) is 0 Å².